The summed E-state index contributed by atoms with van der Waals surface area (Å²) in [6.45, 7) is 9.09. The highest BCUT2D eigenvalue weighted by molar-refractivity contribution is 5.21. The minimum Gasteiger partial charge on any atom is -0.315 e. The van der Waals surface area contributed by atoms with Gasteiger partial charge in [0, 0.05) is 5.56 Å². The molecule has 3 aliphatic heterocycles. The van der Waals surface area contributed by atoms with Gasteiger partial charge in [-0.05, 0) is 39.0 Å². The van der Waals surface area contributed by atoms with Gasteiger partial charge in [0.15, 0.2) is 0 Å². The lowest BCUT2D eigenvalue weighted by Crippen LogP contribution is -2.66. The molecule has 0 unspecified atom stereocenters. The second-order valence-electron chi connectivity index (χ2n) is 6.47. The largest absolute Gasteiger partial charge is 0.315 e. The third-order valence-corrected chi connectivity index (χ3v) is 5.56. The Balaban J connectivity index is 1.96. The summed E-state index contributed by atoms with van der Waals surface area (Å²) in [4.78, 5) is 0. The first kappa shape index (κ1) is 11.3. The third kappa shape index (κ3) is 1.63. The first-order valence-electron chi connectivity index (χ1n) is 7.06. The topological polar surface area (TPSA) is 0 Å². The van der Waals surface area contributed by atoms with Crippen LogP contribution in [-0.2, 0) is 5.54 Å². The van der Waals surface area contributed by atoms with Gasteiger partial charge in [0.1, 0.15) is 5.54 Å². The molecule has 0 spiro atoms. The monoisotopic (exact) mass is 230 g/mol. The summed E-state index contributed by atoms with van der Waals surface area (Å²) in [6.07, 6.45) is 4.36. The van der Waals surface area contributed by atoms with E-state index >= 15 is 0 Å². The summed E-state index contributed by atoms with van der Waals surface area (Å²) < 4.78 is 1.33. The van der Waals surface area contributed by atoms with Crippen molar-refractivity contribution in [3.05, 3.63) is 35.9 Å². The Labute approximate surface area is 105 Å². The molecule has 1 aromatic carbocycles. The van der Waals surface area contributed by atoms with Crippen LogP contribution in [0.3, 0.4) is 0 Å². The van der Waals surface area contributed by atoms with Crippen LogP contribution in [0.5, 0.6) is 0 Å². The van der Waals surface area contributed by atoms with E-state index in [1.807, 2.05) is 0 Å². The predicted molar refractivity (Wildman–Crippen MR) is 71.7 cm³/mol. The van der Waals surface area contributed by atoms with Crippen LogP contribution in [-0.4, -0.2) is 24.1 Å². The van der Waals surface area contributed by atoms with Gasteiger partial charge in [0.25, 0.3) is 0 Å². The van der Waals surface area contributed by atoms with Gasteiger partial charge in [0.05, 0.1) is 19.6 Å². The molecule has 17 heavy (non-hydrogen) atoms. The van der Waals surface area contributed by atoms with Crippen LogP contribution in [0.1, 0.15) is 38.7 Å². The highest BCUT2D eigenvalue weighted by Crippen LogP contribution is 2.44. The van der Waals surface area contributed by atoms with Gasteiger partial charge < -0.3 is 4.48 Å². The lowest BCUT2D eigenvalue weighted by Gasteiger charge is -2.57. The molecule has 3 heterocycles. The zero-order valence-corrected chi connectivity index (χ0v) is 11.2. The van der Waals surface area contributed by atoms with Crippen molar-refractivity contribution in [2.75, 3.05) is 19.6 Å². The van der Waals surface area contributed by atoms with Gasteiger partial charge in [-0.1, -0.05) is 30.3 Å². The molecule has 0 saturated carbocycles. The highest BCUT2D eigenvalue weighted by atomic mass is 15.4. The number of hydrogen-bond donors (Lipinski definition) is 0. The SMILES string of the molecule is CC(C)(c1ccccc1)[N+]12CCC(CC1)CC2. The Hall–Kier alpha value is -0.820. The maximum absolute atomic E-state index is 2.45. The molecule has 0 atom stereocenters. The van der Waals surface area contributed by atoms with Crippen LogP contribution in [0.15, 0.2) is 30.3 Å². The number of nitrogens with zero attached hydrogens (tertiary/aromatic N) is 1. The Kier molecular flexibility index (Phi) is 2.55. The molecule has 0 aromatic heterocycles. The fourth-order valence-corrected chi connectivity index (χ4v) is 4.02. The fourth-order valence-electron chi connectivity index (χ4n) is 4.02. The normalized spacial score (nSPS) is 32.7. The average molecular weight is 230 g/mol. The van der Waals surface area contributed by atoms with E-state index in [1.165, 1.54) is 48.9 Å². The number of hydrogen-bond acceptors (Lipinski definition) is 0. The lowest BCUT2D eigenvalue weighted by atomic mass is 9.78. The molecule has 0 aliphatic carbocycles. The molecule has 3 aliphatic rings. The molecule has 92 valence electrons. The summed E-state index contributed by atoms with van der Waals surface area (Å²) in [5, 5.41) is 0. The van der Waals surface area contributed by atoms with Gasteiger partial charge in [-0.25, -0.2) is 0 Å². The van der Waals surface area contributed by atoms with E-state index in [4.69, 9.17) is 0 Å². The first-order chi connectivity index (χ1) is 8.14. The van der Waals surface area contributed by atoms with E-state index in [2.05, 4.69) is 44.2 Å². The van der Waals surface area contributed by atoms with E-state index in [9.17, 15) is 0 Å². The minimum absolute atomic E-state index is 0.284. The van der Waals surface area contributed by atoms with Crippen molar-refractivity contribution in [1.82, 2.24) is 0 Å². The maximum atomic E-state index is 2.45. The maximum Gasteiger partial charge on any atom is 0.119 e. The Bertz CT molecular complexity index is 371. The van der Waals surface area contributed by atoms with Crippen molar-refractivity contribution in [1.29, 1.82) is 0 Å². The Morgan fingerprint density at radius 2 is 1.47 bits per heavy atom. The Morgan fingerprint density at radius 1 is 0.941 bits per heavy atom. The molecule has 1 nitrogen and oxygen atoms in total. The van der Waals surface area contributed by atoms with Crippen molar-refractivity contribution in [2.24, 2.45) is 5.92 Å². The molecule has 2 bridgehead atoms. The molecule has 1 aromatic rings. The zero-order chi connectivity index (χ0) is 11.9. The third-order valence-electron chi connectivity index (χ3n) is 5.56. The summed E-state index contributed by atoms with van der Waals surface area (Å²) >= 11 is 0. The van der Waals surface area contributed by atoms with Gasteiger partial charge in [-0.3, -0.25) is 0 Å². The van der Waals surface area contributed by atoms with Gasteiger partial charge >= 0.3 is 0 Å². The predicted octanol–water partition coefficient (Wildman–Crippen LogP) is 3.55. The van der Waals surface area contributed by atoms with Crippen molar-refractivity contribution in [2.45, 2.75) is 38.6 Å². The van der Waals surface area contributed by atoms with Crippen LogP contribution < -0.4 is 0 Å². The zero-order valence-electron chi connectivity index (χ0n) is 11.2. The average Bonchev–Trinajstić information content (AvgIpc) is 2.42. The molecule has 1 heteroatoms. The molecule has 4 rings (SSSR count). The summed E-state index contributed by atoms with van der Waals surface area (Å²) in [5.74, 6) is 1.04. The highest BCUT2D eigenvalue weighted by Gasteiger charge is 2.50. The number of piperidine rings is 3. The summed E-state index contributed by atoms with van der Waals surface area (Å²) in [6, 6.07) is 11.1. The van der Waals surface area contributed by atoms with Crippen molar-refractivity contribution < 1.29 is 4.48 Å². The van der Waals surface area contributed by atoms with E-state index in [0.717, 1.165) is 5.92 Å². The van der Waals surface area contributed by atoms with Crippen LogP contribution in [0.2, 0.25) is 0 Å². The molecule has 0 N–H and O–H groups in total. The second kappa shape index (κ2) is 3.84. The lowest BCUT2D eigenvalue weighted by molar-refractivity contribution is -0.993. The molecule has 3 fully saturated rings. The van der Waals surface area contributed by atoms with Gasteiger partial charge in [-0.15, -0.1) is 0 Å². The van der Waals surface area contributed by atoms with Crippen molar-refractivity contribution in [3.63, 3.8) is 0 Å². The van der Waals surface area contributed by atoms with Gasteiger partial charge in [-0.2, -0.15) is 0 Å². The number of quaternary nitrogens is 1. The van der Waals surface area contributed by atoms with E-state index in [-0.39, 0.29) is 5.54 Å². The quantitative estimate of drug-likeness (QED) is 0.682. The number of rotatable bonds is 2. The van der Waals surface area contributed by atoms with E-state index in [0.29, 0.717) is 0 Å². The minimum atomic E-state index is 0.284. The smallest absolute Gasteiger partial charge is 0.119 e. The summed E-state index contributed by atoms with van der Waals surface area (Å²) in [5.41, 5.74) is 1.80. The number of benzene rings is 1. The van der Waals surface area contributed by atoms with Crippen molar-refractivity contribution in [3.8, 4) is 0 Å². The fraction of sp³-hybridized carbons (Fsp3) is 0.625. The molecule has 0 radical (unpaired) electrons. The standard InChI is InChI=1S/C16H24N/c1-16(2,15-6-4-3-5-7-15)17-11-8-14(9-12-17)10-13-17/h3-7,14H,8-13H2,1-2H3/q+1. The van der Waals surface area contributed by atoms with E-state index < -0.39 is 0 Å². The second-order valence-corrected chi connectivity index (χ2v) is 6.47. The van der Waals surface area contributed by atoms with Crippen LogP contribution in [0, 0.1) is 5.92 Å². The van der Waals surface area contributed by atoms with Gasteiger partial charge in [0.2, 0.25) is 0 Å². The van der Waals surface area contributed by atoms with Crippen LogP contribution in [0.25, 0.3) is 0 Å². The molecular formula is C16H24N+. The summed E-state index contributed by atoms with van der Waals surface area (Å²) in [7, 11) is 0. The molecular weight excluding hydrogens is 206 g/mol. The molecule has 3 saturated heterocycles. The van der Waals surface area contributed by atoms with Crippen LogP contribution >= 0.6 is 0 Å². The Morgan fingerprint density at radius 3 is 2.00 bits per heavy atom. The van der Waals surface area contributed by atoms with E-state index in [1.54, 1.807) is 0 Å². The van der Waals surface area contributed by atoms with Crippen LogP contribution in [0.4, 0.5) is 0 Å². The van der Waals surface area contributed by atoms with Crippen molar-refractivity contribution >= 4 is 0 Å². The first-order valence-corrected chi connectivity index (χ1v) is 7.06. The number of fused-ring (bicyclic) bond motifs is 3. The molecule has 0 amide bonds.